The molecule has 0 bridgehead atoms. The molecule has 0 aliphatic heterocycles. The molecule has 0 saturated carbocycles. The SMILES string of the molecule is CC(c1nc2ccccc2c(=O)n1-c1ccc2ccccc2c1)N(C)C(=O)c1ccc(Cl)cc1. The molecule has 0 spiro atoms. The minimum absolute atomic E-state index is 0.171. The van der Waals surface area contributed by atoms with Gasteiger partial charge in [-0.2, -0.15) is 0 Å². The largest absolute Gasteiger partial charge is 0.332 e. The number of benzene rings is 4. The maximum atomic E-state index is 13.7. The lowest BCUT2D eigenvalue weighted by Gasteiger charge is -2.27. The van der Waals surface area contributed by atoms with Crippen LogP contribution in [0.5, 0.6) is 0 Å². The van der Waals surface area contributed by atoms with Crippen LogP contribution in [0.4, 0.5) is 0 Å². The third-order valence-corrected chi connectivity index (χ3v) is 6.41. The van der Waals surface area contributed by atoms with Crippen LogP contribution >= 0.6 is 11.6 Å². The molecule has 0 aliphatic rings. The fraction of sp³-hybridized carbons (Fsp3) is 0.107. The third-order valence-electron chi connectivity index (χ3n) is 6.16. The van der Waals surface area contributed by atoms with Crippen LogP contribution in [0.2, 0.25) is 5.02 Å². The smallest absolute Gasteiger partial charge is 0.266 e. The van der Waals surface area contributed by atoms with Crippen LogP contribution in [-0.2, 0) is 0 Å². The summed E-state index contributed by atoms with van der Waals surface area (Å²) in [7, 11) is 1.72. The molecule has 5 nitrogen and oxygen atoms in total. The predicted octanol–water partition coefficient (Wildman–Crippen LogP) is 6.03. The van der Waals surface area contributed by atoms with Crippen LogP contribution in [0.25, 0.3) is 27.4 Å². The molecule has 5 aromatic rings. The Labute approximate surface area is 201 Å². The summed E-state index contributed by atoms with van der Waals surface area (Å²) < 4.78 is 1.62. The van der Waals surface area contributed by atoms with Crippen molar-refractivity contribution in [3.8, 4) is 5.69 Å². The van der Waals surface area contributed by atoms with Gasteiger partial charge in [0.1, 0.15) is 5.82 Å². The van der Waals surface area contributed by atoms with E-state index in [9.17, 15) is 9.59 Å². The third kappa shape index (κ3) is 3.84. The first-order chi connectivity index (χ1) is 16.4. The Hall–Kier alpha value is -3.96. The number of para-hydroxylation sites is 1. The summed E-state index contributed by atoms with van der Waals surface area (Å²) >= 11 is 5.98. The molecule has 0 saturated heterocycles. The van der Waals surface area contributed by atoms with Gasteiger partial charge in [-0.15, -0.1) is 0 Å². The van der Waals surface area contributed by atoms with E-state index in [1.807, 2.05) is 67.6 Å². The second-order valence-corrected chi connectivity index (χ2v) is 8.69. The van der Waals surface area contributed by atoms with Crippen molar-refractivity contribution in [3.63, 3.8) is 0 Å². The van der Waals surface area contributed by atoms with Crippen LogP contribution < -0.4 is 5.56 Å². The van der Waals surface area contributed by atoms with Crippen molar-refractivity contribution in [2.24, 2.45) is 0 Å². The van der Waals surface area contributed by atoms with Crippen molar-refractivity contribution in [1.82, 2.24) is 14.5 Å². The van der Waals surface area contributed by atoms with E-state index in [1.54, 1.807) is 46.8 Å². The monoisotopic (exact) mass is 467 g/mol. The minimum Gasteiger partial charge on any atom is -0.332 e. The van der Waals surface area contributed by atoms with Gasteiger partial charge >= 0.3 is 0 Å². The van der Waals surface area contributed by atoms with Crippen molar-refractivity contribution in [3.05, 3.63) is 118 Å². The minimum atomic E-state index is -0.480. The van der Waals surface area contributed by atoms with Gasteiger partial charge in [-0.3, -0.25) is 14.2 Å². The molecule has 5 rings (SSSR count). The van der Waals surface area contributed by atoms with Gasteiger partial charge in [0, 0.05) is 17.6 Å². The summed E-state index contributed by atoms with van der Waals surface area (Å²) in [4.78, 5) is 33.4. The zero-order valence-corrected chi connectivity index (χ0v) is 19.5. The second-order valence-electron chi connectivity index (χ2n) is 8.26. The number of nitrogens with zero attached hydrogens (tertiary/aromatic N) is 3. The van der Waals surface area contributed by atoms with E-state index >= 15 is 0 Å². The quantitative estimate of drug-likeness (QED) is 0.324. The molecule has 4 aromatic carbocycles. The van der Waals surface area contributed by atoms with Crippen LogP contribution in [0.1, 0.15) is 29.1 Å². The first-order valence-electron chi connectivity index (χ1n) is 11.0. The maximum absolute atomic E-state index is 13.7. The summed E-state index contributed by atoms with van der Waals surface area (Å²) in [6.45, 7) is 1.88. The first kappa shape index (κ1) is 21.9. The van der Waals surface area contributed by atoms with Gasteiger partial charge < -0.3 is 4.90 Å². The Kier molecular flexibility index (Phi) is 5.64. The molecule has 34 heavy (non-hydrogen) atoms. The van der Waals surface area contributed by atoms with Gasteiger partial charge in [-0.05, 0) is 66.2 Å². The van der Waals surface area contributed by atoms with Crippen LogP contribution in [-0.4, -0.2) is 27.4 Å². The summed E-state index contributed by atoms with van der Waals surface area (Å²) in [6.07, 6.45) is 0. The second kappa shape index (κ2) is 8.76. The molecule has 1 unspecified atom stereocenters. The van der Waals surface area contributed by atoms with E-state index in [0.717, 1.165) is 10.8 Å². The van der Waals surface area contributed by atoms with Crippen LogP contribution in [0, 0.1) is 0 Å². The lowest BCUT2D eigenvalue weighted by molar-refractivity contribution is 0.0735. The van der Waals surface area contributed by atoms with E-state index in [-0.39, 0.29) is 11.5 Å². The van der Waals surface area contributed by atoms with Crippen molar-refractivity contribution < 1.29 is 4.79 Å². The summed E-state index contributed by atoms with van der Waals surface area (Å²) in [5, 5.41) is 3.19. The molecule has 1 heterocycles. The highest BCUT2D eigenvalue weighted by molar-refractivity contribution is 6.30. The highest BCUT2D eigenvalue weighted by Gasteiger charge is 2.25. The van der Waals surface area contributed by atoms with Crippen molar-refractivity contribution in [2.45, 2.75) is 13.0 Å². The predicted molar refractivity (Wildman–Crippen MR) is 137 cm³/mol. The Morgan fingerprint density at radius 1 is 0.912 bits per heavy atom. The zero-order chi connectivity index (χ0) is 23.8. The fourth-order valence-corrected chi connectivity index (χ4v) is 4.27. The van der Waals surface area contributed by atoms with Crippen molar-refractivity contribution in [2.75, 3.05) is 7.05 Å². The maximum Gasteiger partial charge on any atom is 0.266 e. The van der Waals surface area contributed by atoms with Crippen molar-refractivity contribution >= 4 is 39.2 Å². The molecule has 168 valence electrons. The van der Waals surface area contributed by atoms with E-state index in [0.29, 0.717) is 33.0 Å². The Bertz CT molecular complexity index is 1590. The molecule has 0 radical (unpaired) electrons. The Morgan fingerprint density at radius 2 is 1.59 bits per heavy atom. The molecule has 0 fully saturated rings. The number of fused-ring (bicyclic) bond motifs is 2. The fourth-order valence-electron chi connectivity index (χ4n) is 4.14. The Balaban J connectivity index is 1.68. The Morgan fingerprint density at radius 3 is 2.35 bits per heavy atom. The van der Waals surface area contributed by atoms with Crippen LogP contribution in [0.3, 0.4) is 0 Å². The molecule has 0 aliphatic carbocycles. The molecule has 0 N–H and O–H groups in total. The van der Waals surface area contributed by atoms with Crippen molar-refractivity contribution in [1.29, 1.82) is 0 Å². The number of rotatable bonds is 4. The number of halogens is 1. The van der Waals surface area contributed by atoms with Crippen LogP contribution in [0.15, 0.2) is 95.8 Å². The lowest BCUT2D eigenvalue weighted by atomic mass is 10.1. The number of carbonyl (C=O) groups excluding carboxylic acids is 1. The molecule has 1 atom stereocenters. The van der Waals surface area contributed by atoms with E-state index in [1.165, 1.54) is 0 Å². The normalized spacial score (nSPS) is 12.1. The summed E-state index contributed by atoms with van der Waals surface area (Å²) in [6, 6.07) is 27.4. The topological polar surface area (TPSA) is 55.2 Å². The zero-order valence-electron chi connectivity index (χ0n) is 18.8. The van der Waals surface area contributed by atoms with Gasteiger partial charge in [0.2, 0.25) is 0 Å². The number of aromatic nitrogens is 2. The summed E-state index contributed by atoms with van der Waals surface area (Å²) in [5.41, 5.74) is 1.64. The van der Waals surface area contributed by atoms with Gasteiger partial charge in [0.05, 0.1) is 22.6 Å². The van der Waals surface area contributed by atoms with Gasteiger partial charge in [-0.25, -0.2) is 4.98 Å². The van der Waals surface area contributed by atoms with E-state index in [4.69, 9.17) is 16.6 Å². The lowest BCUT2D eigenvalue weighted by Crippen LogP contribution is -2.34. The standard InChI is InChI=1S/C28H22ClN3O2/c1-18(31(2)27(33)20-11-14-22(29)15-12-20)26-30-25-10-6-5-9-24(25)28(34)32(26)23-16-13-19-7-3-4-8-21(19)17-23/h3-18H,1-2H3. The molecular formula is C28H22ClN3O2. The van der Waals surface area contributed by atoms with Gasteiger partial charge in [-0.1, -0.05) is 54.1 Å². The number of hydrogen-bond donors (Lipinski definition) is 0. The molecule has 6 heteroatoms. The average Bonchev–Trinajstić information content (AvgIpc) is 2.87. The number of amides is 1. The first-order valence-corrected chi connectivity index (χ1v) is 11.4. The number of carbonyl (C=O) groups is 1. The highest BCUT2D eigenvalue weighted by Crippen LogP contribution is 2.25. The average molecular weight is 468 g/mol. The van der Waals surface area contributed by atoms with Gasteiger partial charge in [0.15, 0.2) is 0 Å². The molecule has 1 aromatic heterocycles. The highest BCUT2D eigenvalue weighted by atomic mass is 35.5. The molecule has 1 amide bonds. The van der Waals surface area contributed by atoms with E-state index in [2.05, 4.69) is 0 Å². The van der Waals surface area contributed by atoms with E-state index < -0.39 is 6.04 Å². The molecular weight excluding hydrogens is 446 g/mol. The summed E-state index contributed by atoms with van der Waals surface area (Å²) in [5.74, 6) is 0.306. The van der Waals surface area contributed by atoms with Gasteiger partial charge in [0.25, 0.3) is 11.5 Å². The number of hydrogen-bond acceptors (Lipinski definition) is 3.